The molecule has 0 aliphatic heterocycles. The van der Waals surface area contributed by atoms with E-state index in [2.05, 4.69) is 228 Å². The highest BCUT2D eigenvalue weighted by Crippen LogP contribution is 2.45. The average Bonchev–Trinajstić information content (AvgIpc) is 3.34. The molecule has 0 saturated heterocycles. The SMILES string of the molecule is Cc1cc(C)c(C(c2ccc(N(c3nc(-c4ccccc4)nc(-c4ccc5ccccc5c4-c4ccccc4)n3)c3ccccc3-c3ccccc3)cc2)c2c(C)cc(C)cc2C)c(C)c1. The van der Waals surface area contributed by atoms with Crippen LogP contribution in [0, 0.1) is 41.5 Å². The Morgan fingerprint density at radius 1 is 0.394 bits per heavy atom. The fraction of sp³-hybridized carbons (Fsp3) is 0.113. The van der Waals surface area contributed by atoms with Crippen molar-refractivity contribution < 1.29 is 0 Å². The van der Waals surface area contributed by atoms with Crippen LogP contribution in [0.25, 0.3) is 55.8 Å². The summed E-state index contributed by atoms with van der Waals surface area (Å²) in [6, 6.07) is 71.3. The Morgan fingerprint density at radius 3 is 1.50 bits per heavy atom. The minimum absolute atomic E-state index is 0.0306. The molecule has 0 aliphatic carbocycles. The van der Waals surface area contributed by atoms with Crippen LogP contribution in [0.15, 0.2) is 200 Å². The van der Waals surface area contributed by atoms with Crippen LogP contribution in [0.1, 0.15) is 56.0 Å². The van der Waals surface area contributed by atoms with E-state index in [9.17, 15) is 0 Å². The predicted octanol–water partition coefficient (Wildman–Crippen LogP) is 16.2. The minimum Gasteiger partial charge on any atom is -0.278 e. The lowest BCUT2D eigenvalue weighted by Crippen LogP contribution is -2.17. The molecule has 0 fully saturated rings. The summed E-state index contributed by atoms with van der Waals surface area (Å²) in [5.74, 6) is 1.74. The lowest BCUT2D eigenvalue weighted by Gasteiger charge is -2.29. The summed E-state index contributed by atoms with van der Waals surface area (Å²) in [6.07, 6.45) is 0. The molecule has 10 rings (SSSR count). The molecule has 10 aromatic rings. The average molecular weight is 853 g/mol. The molecule has 0 N–H and O–H groups in total. The summed E-state index contributed by atoms with van der Waals surface area (Å²) in [4.78, 5) is 18.5. The van der Waals surface area contributed by atoms with Crippen LogP contribution in [-0.4, -0.2) is 15.0 Å². The molecule has 0 radical (unpaired) electrons. The fourth-order valence-electron chi connectivity index (χ4n) is 10.2. The first-order valence-electron chi connectivity index (χ1n) is 22.8. The van der Waals surface area contributed by atoms with Gasteiger partial charge in [0.25, 0.3) is 0 Å². The zero-order valence-electron chi connectivity index (χ0n) is 38.4. The monoisotopic (exact) mass is 852 g/mol. The van der Waals surface area contributed by atoms with E-state index in [1.165, 1.54) is 50.1 Å². The number of hydrogen-bond donors (Lipinski definition) is 0. The molecule has 0 saturated carbocycles. The molecule has 0 atom stereocenters. The molecule has 1 heterocycles. The second-order valence-corrected chi connectivity index (χ2v) is 17.6. The third kappa shape index (κ3) is 8.07. The van der Waals surface area contributed by atoms with Gasteiger partial charge in [0.1, 0.15) is 0 Å². The summed E-state index contributed by atoms with van der Waals surface area (Å²) in [5, 5.41) is 2.29. The largest absolute Gasteiger partial charge is 0.278 e. The molecular formula is C62H52N4. The quantitative estimate of drug-likeness (QED) is 0.129. The van der Waals surface area contributed by atoms with Crippen molar-refractivity contribution in [3.63, 3.8) is 0 Å². The number of rotatable bonds is 10. The Hall–Kier alpha value is -7.95. The molecule has 0 bridgehead atoms. The molecule has 0 spiro atoms. The summed E-state index contributed by atoms with van der Waals surface area (Å²) >= 11 is 0. The van der Waals surface area contributed by atoms with Gasteiger partial charge in [0, 0.05) is 33.9 Å². The van der Waals surface area contributed by atoms with E-state index < -0.39 is 0 Å². The summed E-state index contributed by atoms with van der Waals surface area (Å²) in [7, 11) is 0. The van der Waals surface area contributed by atoms with Gasteiger partial charge in [-0.05, 0) is 127 Å². The minimum atomic E-state index is 0.0306. The Labute approximate surface area is 389 Å². The van der Waals surface area contributed by atoms with Crippen molar-refractivity contribution in [2.24, 2.45) is 0 Å². The molecule has 1 aromatic heterocycles. The molecule has 320 valence electrons. The Balaban J connectivity index is 1.23. The molecular weight excluding hydrogens is 801 g/mol. The van der Waals surface area contributed by atoms with Gasteiger partial charge < -0.3 is 0 Å². The highest BCUT2D eigenvalue weighted by molar-refractivity contribution is 6.03. The van der Waals surface area contributed by atoms with Crippen molar-refractivity contribution in [2.45, 2.75) is 47.5 Å². The van der Waals surface area contributed by atoms with Crippen molar-refractivity contribution in [1.82, 2.24) is 15.0 Å². The maximum absolute atomic E-state index is 5.53. The Kier molecular flexibility index (Phi) is 11.4. The van der Waals surface area contributed by atoms with Gasteiger partial charge in [-0.2, -0.15) is 9.97 Å². The molecule has 66 heavy (non-hydrogen) atoms. The summed E-state index contributed by atoms with van der Waals surface area (Å²) < 4.78 is 0. The van der Waals surface area contributed by atoms with Gasteiger partial charge in [-0.15, -0.1) is 0 Å². The van der Waals surface area contributed by atoms with Crippen LogP contribution in [0.2, 0.25) is 0 Å². The van der Waals surface area contributed by atoms with E-state index in [1.54, 1.807) is 0 Å². The maximum Gasteiger partial charge on any atom is 0.238 e. The lowest BCUT2D eigenvalue weighted by atomic mass is 9.77. The Bertz CT molecular complexity index is 3260. The summed E-state index contributed by atoms with van der Waals surface area (Å²) in [5.41, 5.74) is 19.8. The molecule has 9 aromatic carbocycles. The smallest absolute Gasteiger partial charge is 0.238 e. The molecule has 4 heteroatoms. The van der Waals surface area contributed by atoms with Crippen LogP contribution in [-0.2, 0) is 0 Å². The van der Waals surface area contributed by atoms with Crippen LogP contribution >= 0.6 is 0 Å². The topological polar surface area (TPSA) is 41.9 Å². The zero-order chi connectivity index (χ0) is 45.3. The third-order valence-corrected chi connectivity index (χ3v) is 12.9. The van der Waals surface area contributed by atoms with E-state index in [0.29, 0.717) is 17.6 Å². The number of aromatic nitrogens is 3. The number of benzene rings is 9. The van der Waals surface area contributed by atoms with E-state index in [-0.39, 0.29) is 5.92 Å². The van der Waals surface area contributed by atoms with Crippen molar-refractivity contribution in [2.75, 3.05) is 4.90 Å². The molecule has 0 aliphatic rings. The van der Waals surface area contributed by atoms with Gasteiger partial charge in [-0.3, -0.25) is 4.90 Å². The fourth-order valence-corrected chi connectivity index (χ4v) is 10.2. The van der Waals surface area contributed by atoms with Crippen LogP contribution in [0.5, 0.6) is 0 Å². The highest BCUT2D eigenvalue weighted by Gasteiger charge is 2.27. The normalized spacial score (nSPS) is 11.3. The second kappa shape index (κ2) is 17.9. The first-order chi connectivity index (χ1) is 32.2. The standard InChI is InChI=1S/C62H52N4/c1-40-36-42(3)56(43(4)37-40)59(57-44(5)38-41(2)39-45(57)6)49-30-33-51(34-31-49)66(55-29-19-18-27-52(55)46-20-10-7-11-21-46)62-64-60(50-25-14-9-15-26-50)63-61(65-62)54-35-32-47-22-16-17-28-53(47)58(54)48-23-12-8-13-24-48/h7-39,59H,1-6H3. The first-order valence-corrected chi connectivity index (χ1v) is 22.8. The number of anilines is 3. The van der Waals surface area contributed by atoms with Gasteiger partial charge in [0.15, 0.2) is 11.6 Å². The van der Waals surface area contributed by atoms with Gasteiger partial charge in [0.05, 0.1) is 5.69 Å². The number of aryl methyl sites for hydroxylation is 6. The van der Waals surface area contributed by atoms with Crippen molar-refractivity contribution >= 4 is 28.1 Å². The van der Waals surface area contributed by atoms with E-state index >= 15 is 0 Å². The van der Waals surface area contributed by atoms with E-state index in [1.807, 2.05) is 18.2 Å². The van der Waals surface area contributed by atoms with Crippen molar-refractivity contribution in [3.05, 3.63) is 250 Å². The van der Waals surface area contributed by atoms with Crippen LogP contribution < -0.4 is 4.90 Å². The van der Waals surface area contributed by atoms with Gasteiger partial charge in [0.2, 0.25) is 5.95 Å². The molecule has 0 unspecified atom stereocenters. The lowest BCUT2D eigenvalue weighted by molar-refractivity contribution is 0.919. The zero-order valence-corrected chi connectivity index (χ0v) is 38.4. The molecule has 4 nitrogen and oxygen atoms in total. The predicted molar refractivity (Wildman–Crippen MR) is 276 cm³/mol. The van der Waals surface area contributed by atoms with E-state index in [0.717, 1.165) is 55.5 Å². The van der Waals surface area contributed by atoms with Gasteiger partial charge >= 0.3 is 0 Å². The van der Waals surface area contributed by atoms with E-state index in [4.69, 9.17) is 15.0 Å². The van der Waals surface area contributed by atoms with Crippen LogP contribution in [0.3, 0.4) is 0 Å². The van der Waals surface area contributed by atoms with Gasteiger partial charge in [-0.1, -0.05) is 187 Å². The number of fused-ring (bicyclic) bond motifs is 1. The second-order valence-electron chi connectivity index (χ2n) is 17.6. The first kappa shape index (κ1) is 42.0. The third-order valence-electron chi connectivity index (χ3n) is 12.9. The summed E-state index contributed by atoms with van der Waals surface area (Å²) in [6.45, 7) is 13.4. The maximum atomic E-state index is 5.53. The number of para-hydroxylation sites is 1. The highest BCUT2D eigenvalue weighted by atomic mass is 15.3. The molecule has 0 amide bonds. The number of nitrogens with zero attached hydrogens (tertiary/aromatic N) is 4. The Morgan fingerprint density at radius 2 is 0.894 bits per heavy atom. The van der Waals surface area contributed by atoms with Gasteiger partial charge in [-0.25, -0.2) is 4.98 Å². The van der Waals surface area contributed by atoms with Crippen molar-refractivity contribution in [3.8, 4) is 45.0 Å². The van der Waals surface area contributed by atoms with Crippen LogP contribution in [0.4, 0.5) is 17.3 Å². The number of hydrogen-bond acceptors (Lipinski definition) is 4. The van der Waals surface area contributed by atoms with Crippen molar-refractivity contribution in [1.29, 1.82) is 0 Å².